The van der Waals surface area contributed by atoms with E-state index in [9.17, 15) is 9.59 Å². The van der Waals surface area contributed by atoms with Crippen LogP contribution in [0.2, 0.25) is 0 Å². The molecule has 1 aliphatic rings. The SMILES string of the molecule is CC1(C(N)=O)CCN(C(=O)CCN)C1. The quantitative estimate of drug-likeness (QED) is 0.614. The smallest absolute Gasteiger partial charge is 0.225 e. The summed E-state index contributed by atoms with van der Waals surface area (Å²) in [7, 11) is 0. The first kappa shape index (κ1) is 11.0. The van der Waals surface area contributed by atoms with E-state index in [-0.39, 0.29) is 11.8 Å². The van der Waals surface area contributed by atoms with Gasteiger partial charge in [0.1, 0.15) is 0 Å². The Morgan fingerprint density at radius 1 is 1.50 bits per heavy atom. The van der Waals surface area contributed by atoms with Crippen LogP contribution in [0.3, 0.4) is 0 Å². The van der Waals surface area contributed by atoms with Crippen molar-refractivity contribution >= 4 is 11.8 Å². The monoisotopic (exact) mass is 199 g/mol. The number of likely N-dealkylation sites (tertiary alicyclic amines) is 1. The molecule has 1 heterocycles. The third-order valence-electron chi connectivity index (χ3n) is 2.78. The molecule has 0 aromatic heterocycles. The molecular weight excluding hydrogens is 182 g/mol. The van der Waals surface area contributed by atoms with Crippen LogP contribution < -0.4 is 11.5 Å². The summed E-state index contributed by atoms with van der Waals surface area (Å²) in [4.78, 5) is 24.2. The fraction of sp³-hybridized carbons (Fsp3) is 0.778. The lowest BCUT2D eigenvalue weighted by Gasteiger charge is -2.20. The third-order valence-corrected chi connectivity index (χ3v) is 2.78. The van der Waals surface area contributed by atoms with Gasteiger partial charge in [-0.1, -0.05) is 0 Å². The van der Waals surface area contributed by atoms with Gasteiger partial charge in [0.2, 0.25) is 11.8 Å². The van der Waals surface area contributed by atoms with E-state index < -0.39 is 5.41 Å². The predicted octanol–water partition coefficient (Wildman–Crippen LogP) is -0.941. The summed E-state index contributed by atoms with van der Waals surface area (Å²) in [6.07, 6.45) is 0.994. The zero-order chi connectivity index (χ0) is 10.8. The topological polar surface area (TPSA) is 89.4 Å². The number of carbonyl (C=O) groups is 2. The van der Waals surface area contributed by atoms with Crippen LogP contribution in [-0.2, 0) is 9.59 Å². The Kier molecular flexibility index (Phi) is 3.10. The van der Waals surface area contributed by atoms with Gasteiger partial charge in [-0.25, -0.2) is 0 Å². The second-order valence-corrected chi connectivity index (χ2v) is 4.03. The molecule has 1 saturated heterocycles. The molecule has 1 fully saturated rings. The average molecular weight is 199 g/mol. The van der Waals surface area contributed by atoms with Gasteiger partial charge in [0.05, 0.1) is 5.41 Å². The maximum atomic E-state index is 11.4. The van der Waals surface area contributed by atoms with Crippen LogP contribution >= 0.6 is 0 Å². The fourth-order valence-electron chi connectivity index (χ4n) is 1.66. The van der Waals surface area contributed by atoms with Gasteiger partial charge in [0, 0.05) is 26.1 Å². The molecule has 1 atom stereocenters. The molecule has 0 saturated carbocycles. The first-order valence-corrected chi connectivity index (χ1v) is 4.77. The minimum atomic E-state index is -0.551. The highest BCUT2D eigenvalue weighted by Crippen LogP contribution is 2.29. The highest BCUT2D eigenvalue weighted by molar-refractivity contribution is 5.83. The van der Waals surface area contributed by atoms with Crippen molar-refractivity contribution in [3.63, 3.8) is 0 Å². The zero-order valence-corrected chi connectivity index (χ0v) is 8.45. The number of primary amides is 1. The van der Waals surface area contributed by atoms with Gasteiger partial charge in [-0.05, 0) is 13.3 Å². The molecule has 5 nitrogen and oxygen atoms in total. The summed E-state index contributed by atoms with van der Waals surface area (Å²) in [6.45, 7) is 3.19. The van der Waals surface area contributed by atoms with Crippen molar-refractivity contribution in [3.8, 4) is 0 Å². The summed E-state index contributed by atoms with van der Waals surface area (Å²) in [5.74, 6) is -0.321. The number of carbonyl (C=O) groups excluding carboxylic acids is 2. The third kappa shape index (κ3) is 2.04. The molecule has 2 amide bonds. The van der Waals surface area contributed by atoms with Crippen LogP contribution in [0.25, 0.3) is 0 Å². The molecule has 5 heteroatoms. The van der Waals surface area contributed by atoms with Crippen LogP contribution in [0.1, 0.15) is 19.8 Å². The largest absolute Gasteiger partial charge is 0.369 e. The summed E-state index contributed by atoms with van der Waals surface area (Å²) >= 11 is 0. The summed E-state index contributed by atoms with van der Waals surface area (Å²) in [5, 5.41) is 0. The Bertz CT molecular complexity index is 254. The lowest BCUT2D eigenvalue weighted by molar-refractivity contribution is -0.131. The highest BCUT2D eigenvalue weighted by atomic mass is 16.2. The molecule has 0 bridgehead atoms. The second kappa shape index (κ2) is 3.96. The van der Waals surface area contributed by atoms with Crippen molar-refractivity contribution in [3.05, 3.63) is 0 Å². The molecule has 1 unspecified atom stereocenters. The first-order valence-electron chi connectivity index (χ1n) is 4.77. The van der Waals surface area contributed by atoms with Gasteiger partial charge in [-0.2, -0.15) is 0 Å². The van der Waals surface area contributed by atoms with E-state index in [2.05, 4.69) is 0 Å². The van der Waals surface area contributed by atoms with E-state index in [1.807, 2.05) is 0 Å². The summed E-state index contributed by atoms with van der Waals surface area (Å²) < 4.78 is 0. The zero-order valence-electron chi connectivity index (χ0n) is 8.45. The first-order chi connectivity index (χ1) is 6.49. The van der Waals surface area contributed by atoms with E-state index in [4.69, 9.17) is 11.5 Å². The Morgan fingerprint density at radius 2 is 2.14 bits per heavy atom. The summed E-state index contributed by atoms with van der Waals surface area (Å²) in [6, 6.07) is 0. The Labute approximate surface area is 83.4 Å². The number of amides is 2. The van der Waals surface area contributed by atoms with Gasteiger partial charge in [-0.3, -0.25) is 9.59 Å². The Morgan fingerprint density at radius 3 is 2.57 bits per heavy atom. The van der Waals surface area contributed by atoms with Crippen LogP contribution in [0, 0.1) is 5.41 Å². The maximum absolute atomic E-state index is 11.4. The van der Waals surface area contributed by atoms with Gasteiger partial charge < -0.3 is 16.4 Å². The van der Waals surface area contributed by atoms with Gasteiger partial charge in [0.25, 0.3) is 0 Å². The highest BCUT2D eigenvalue weighted by Gasteiger charge is 2.40. The maximum Gasteiger partial charge on any atom is 0.225 e. The van der Waals surface area contributed by atoms with Crippen LogP contribution in [0.5, 0.6) is 0 Å². The van der Waals surface area contributed by atoms with E-state index >= 15 is 0 Å². The molecule has 1 aliphatic heterocycles. The van der Waals surface area contributed by atoms with Crippen LogP contribution in [0.4, 0.5) is 0 Å². The molecule has 0 aliphatic carbocycles. The number of nitrogens with zero attached hydrogens (tertiary/aromatic N) is 1. The number of nitrogens with two attached hydrogens (primary N) is 2. The van der Waals surface area contributed by atoms with E-state index in [0.29, 0.717) is 32.5 Å². The van der Waals surface area contributed by atoms with Gasteiger partial charge >= 0.3 is 0 Å². The van der Waals surface area contributed by atoms with E-state index in [1.54, 1.807) is 11.8 Å². The lowest BCUT2D eigenvalue weighted by atomic mass is 9.89. The average Bonchev–Trinajstić information content (AvgIpc) is 2.50. The molecule has 0 radical (unpaired) electrons. The normalized spacial score (nSPS) is 26.6. The van der Waals surface area contributed by atoms with E-state index in [0.717, 1.165) is 0 Å². The molecule has 0 spiro atoms. The van der Waals surface area contributed by atoms with Crippen molar-refractivity contribution in [2.45, 2.75) is 19.8 Å². The van der Waals surface area contributed by atoms with Crippen molar-refractivity contribution < 1.29 is 9.59 Å². The number of hydrogen-bond donors (Lipinski definition) is 2. The second-order valence-electron chi connectivity index (χ2n) is 4.03. The molecule has 0 aromatic carbocycles. The van der Waals surface area contributed by atoms with Crippen molar-refractivity contribution in [2.75, 3.05) is 19.6 Å². The fourth-order valence-corrected chi connectivity index (χ4v) is 1.66. The van der Waals surface area contributed by atoms with Gasteiger partial charge in [-0.15, -0.1) is 0 Å². The lowest BCUT2D eigenvalue weighted by Crippen LogP contribution is -2.39. The van der Waals surface area contributed by atoms with Crippen molar-refractivity contribution in [2.24, 2.45) is 16.9 Å². The molecule has 0 aromatic rings. The van der Waals surface area contributed by atoms with Crippen LogP contribution in [-0.4, -0.2) is 36.3 Å². The standard InChI is InChI=1S/C9H17N3O2/c1-9(8(11)14)3-5-12(6-9)7(13)2-4-10/h2-6,10H2,1H3,(H2,11,14). The molecule has 1 rings (SSSR count). The minimum absolute atomic E-state index is 0.0116. The molecule has 14 heavy (non-hydrogen) atoms. The predicted molar refractivity (Wildman–Crippen MR) is 52.2 cm³/mol. The van der Waals surface area contributed by atoms with Crippen molar-refractivity contribution in [1.82, 2.24) is 4.90 Å². The molecule has 4 N–H and O–H groups in total. The molecular formula is C9H17N3O2. The number of hydrogen-bond acceptors (Lipinski definition) is 3. The van der Waals surface area contributed by atoms with E-state index in [1.165, 1.54) is 0 Å². The van der Waals surface area contributed by atoms with Crippen molar-refractivity contribution in [1.29, 1.82) is 0 Å². The summed E-state index contributed by atoms with van der Waals surface area (Å²) in [5.41, 5.74) is 10.0. The van der Waals surface area contributed by atoms with Crippen LogP contribution in [0.15, 0.2) is 0 Å². The Balaban J connectivity index is 2.56. The van der Waals surface area contributed by atoms with Gasteiger partial charge in [0.15, 0.2) is 0 Å². The Hall–Kier alpha value is -1.10. The number of rotatable bonds is 3. The minimum Gasteiger partial charge on any atom is -0.369 e. The molecule has 80 valence electrons.